The van der Waals surface area contributed by atoms with E-state index in [0.29, 0.717) is 28.0 Å². The van der Waals surface area contributed by atoms with Crippen LogP contribution in [0.3, 0.4) is 0 Å². The van der Waals surface area contributed by atoms with E-state index < -0.39 is 11.3 Å². The third kappa shape index (κ3) is 2.99. The van der Waals surface area contributed by atoms with Crippen LogP contribution in [-0.4, -0.2) is 18.4 Å². The van der Waals surface area contributed by atoms with Crippen LogP contribution in [0, 0.1) is 0 Å². The number of benzene rings is 2. The molecule has 2 aromatic rings. The van der Waals surface area contributed by atoms with E-state index >= 15 is 0 Å². The average Bonchev–Trinajstić information content (AvgIpc) is 2.79. The minimum atomic E-state index is -4.52. The number of halogens is 3. The molecule has 0 amide bonds. The molecular formula is C17H11F3O2S. The van der Waals surface area contributed by atoms with Crippen LogP contribution in [0.1, 0.15) is 21.5 Å². The number of carbonyl (C=O) groups excluding carboxylic acids is 1. The fourth-order valence-corrected chi connectivity index (χ4v) is 3.28. The number of carbonyl (C=O) groups is 1. The van der Waals surface area contributed by atoms with Gasteiger partial charge >= 0.3 is 5.51 Å². The van der Waals surface area contributed by atoms with Crippen LogP contribution >= 0.6 is 11.8 Å². The molecule has 118 valence electrons. The number of hydrogen-bond acceptors (Lipinski definition) is 3. The molecule has 0 heterocycles. The van der Waals surface area contributed by atoms with Crippen molar-refractivity contribution in [3.05, 3.63) is 70.1 Å². The number of methoxy groups -OCH3 is 1. The molecule has 6 heteroatoms. The van der Waals surface area contributed by atoms with Crippen LogP contribution in [0.15, 0.2) is 53.4 Å². The number of ether oxygens (including phenoxy) is 1. The molecular weight excluding hydrogens is 325 g/mol. The summed E-state index contributed by atoms with van der Waals surface area (Å²) in [5.74, 6) is 0.00530. The van der Waals surface area contributed by atoms with Gasteiger partial charge in [0, 0.05) is 11.1 Å². The quantitative estimate of drug-likeness (QED) is 0.797. The largest absolute Gasteiger partial charge is 0.497 e. The Balaban J connectivity index is 2.17. The summed E-state index contributed by atoms with van der Waals surface area (Å²) in [6.45, 7) is 0. The smallest absolute Gasteiger partial charge is 0.446 e. The molecule has 1 aliphatic rings. The van der Waals surface area contributed by atoms with E-state index in [1.54, 1.807) is 48.5 Å². The number of thioether (sulfide) groups is 1. The van der Waals surface area contributed by atoms with Gasteiger partial charge in [0.25, 0.3) is 0 Å². The Hall–Kier alpha value is -2.21. The van der Waals surface area contributed by atoms with Crippen molar-refractivity contribution in [1.29, 1.82) is 0 Å². The maximum atomic E-state index is 12.9. The van der Waals surface area contributed by atoms with E-state index in [1.165, 1.54) is 7.11 Å². The third-order valence-electron chi connectivity index (χ3n) is 3.47. The number of hydrogen-bond donors (Lipinski definition) is 0. The van der Waals surface area contributed by atoms with Gasteiger partial charge < -0.3 is 4.74 Å². The Morgan fingerprint density at radius 1 is 0.957 bits per heavy atom. The van der Waals surface area contributed by atoms with Gasteiger partial charge in [-0.2, -0.15) is 13.2 Å². The zero-order valence-electron chi connectivity index (χ0n) is 12.0. The Bertz CT molecular complexity index is 792. The van der Waals surface area contributed by atoms with E-state index in [1.807, 2.05) is 0 Å². The lowest BCUT2D eigenvalue weighted by atomic mass is 9.99. The zero-order valence-corrected chi connectivity index (χ0v) is 12.8. The predicted molar refractivity (Wildman–Crippen MR) is 83.4 cm³/mol. The summed E-state index contributed by atoms with van der Waals surface area (Å²) in [5, 5.41) is 0. The fourth-order valence-electron chi connectivity index (χ4n) is 2.51. The molecule has 0 aromatic heterocycles. The van der Waals surface area contributed by atoms with Crippen molar-refractivity contribution in [1.82, 2.24) is 0 Å². The molecule has 0 bridgehead atoms. The maximum Gasteiger partial charge on any atom is 0.446 e. The molecule has 0 fully saturated rings. The molecule has 23 heavy (non-hydrogen) atoms. The van der Waals surface area contributed by atoms with E-state index in [-0.39, 0.29) is 16.7 Å². The number of Topliss-reactive ketones (excluding diaryl/α,β-unsaturated/α-hetero) is 1. The first-order valence-electron chi connectivity index (χ1n) is 6.69. The number of ketones is 1. The molecule has 0 saturated heterocycles. The first kappa shape index (κ1) is 15.7. The van der Waals surface area contributed by atoms with Gasteiger partial charge in [-0.05, 0) is 35.0 Å². The highest BCUT2D eigenvalue weighted by atomic mass is 32.2. The Kier molecular flexibility index (Phi) is 3.93. The molecule has 0 saturated carbocycles. The lowest BCUT2D eigenvalue weighted by Crippen LogP contribution is -2.05. The molecule has 0 aliphatic heterocycles. The second-order valence-corrected chi connectivity index (χ2v) is 5.93. The van der Waals surface area contributed by atoms with Gasteiger partial charge in [0.15, 0.2) is 0 Å². The molecule has 1 aliphatic carbocycles. The van der Waals surface area contributed by atoms with E-state index in [9.17, 15) is 18.0 Å². The Morgan fingerprint density at radius 3 is 2.13 bits per heavy atom. The second kappa shape index (κ2) is 5.77. The van der Waals surface area contributed by atoms with Crippen molar-refractivity contribution in [3.8, 4) is 5.75 Å². The average molecular weight is 336 g/mol. The molecule has 0 N–H and O–H groups in total. The van der Waals surface area contributed by atoms with Gasteiger partial charge in [-0.25, -0.2) is 0 Å². The summed E-state index contributed by atoms with van der Waals surface area (Å²) in [5.41, 5.74) is -2.84. The van der Waals surface area contributed by atoms with Gasteiger partial charge in [-0.15, -0.1) is 0 Å². The summed E-state index contributed by atoms with van der Waals surface area (Å²) in [4.78, 5) is 12.1. The van der Waals surface area contributed by atoms with Crippen molar-refractivity contribution in [3.63, 3.8) is 0 Å². The van der Waals surface area contributed by atoms with Crippen molar-refractivity contribution < 1.29 is 22.7 Å². The molecule has 0 spiro atoms. The highest BCUT2D eigenvalue weighted by Gasteiger charge is 2.39. The number of alkyl halides is 3. The van der Waals surface area contributed by atoms with Crippen LogP contribution in [0.5, 0.6) is 5.75 Å². The standard InChI is InChI=1S/C17H11F3O2S/c1-22-11-8-6-10(7-9-11)14-12-4-2-3-5-13(12)15(21)16(14)23-17(18,19)20/h2-9H,1H3. The first-order chi connectivity index (χ1) is 10.9. The van der Waals surface area contributed by atoms with Crippen LogP contribution < -0.4 is 4.74 Å². The van der Waals surface area contributed by atoms with Crippen LogP contribution in [0.2, 0.25) is 0 Å². The lowest BCUT2D eigenvalue weighted by Gasteiger charge is -2.10. The summed E-state index contributed by atoms with van der Waals surface area (Å²) in [6.07, 6.45) is 0. The van der Waals surface area contributed by atoms with E-state index in [0.717, 1.165) is 0 Å². The van der Waals surface area contributed by atoms with Crippen molar-refractivity contribution in [2.75, 3.05) is 7.11 Å². The molecule has 0 unspecified atom stereocenters. The maximum absolute atomic E-state index is 12.9. The van der Waals surface area contributed by atoms with Gasteiger partial charge in [0.1, 0.15) is 5.75 Å². The van der Waals surface area contributed by atoms with Gasteiger partial charge in [-0.3, -0.25) is 4.79 Å². The topological polar surface area (TPSA) is 26.3 Å². The summed E-state index contributed by atoms with van der Waals surface area (Å²) in [7, 11) is 1.51. The Labute approximate surface area is 135 Å². The number of rotatable bonds is 3. The minimum absolute atomic E-state index is 0.288. The summed E-state index contributed by atoms with van der Waals surface area (Å²) in [6, 6.07) is 13.2. The fraction of sp³-hybridized carbons (Fsp3) is 0.118. The van der Waals surface area contributed by atoms with E-state index in [2.05, 4.69) is 0 Å². The first-order valence-corrected chi connectivity index (χ1v) is 7.51. The summed E-state index contributed by atoms with van der Waals surface area (Å²) < 4.78 is 43.7. The van der Waals surface area contributed by atoms with Crippen LogP contribution in [-0.2, 0) is 0 Å². The van der Waals surface area contributed by atoms with Gasteiger partial charge in [0.2, 0.25) is 5.78 Å². The van der Waals surface area contributed by atoms with E-state index in [4.69, 9.17) is 4.74 Å². The predicted octanol–water partition coefficient (Wildman–Crippen LogP) is 4.90. The van der Waals surface area contributed by atoms with Crippen molar-refractivity contribution in [2.45, 2.75) is 5.51 Å². The monoisotopic (exact) mass is 336 g/mol. The second-order valence-electron chi connectivity index (χ2n) is 4.86. The van der Waals surface area contributed by atoms with Gasteiger partial charge in [-0.1, -0.05) is 36.4 Å². The number of allylic oxidation sites excluding steroid dienone is 1. The molecule has 0 radical (unpaired) electrons. The SMILES string of the molecule is COc1ccc(C2=C(SC(F)(F)F)C(=O)c3ccccc32)cc1. The molecule has 0 atom stereocenters. The number of fused-ring (bicyclic) bond motifs is 1. The Morgan fingerprint density at radius 2 is 1.57 bits per heavy atom. The molecule has 3 rings (SSSR count). The lowest BCUT2D eigenvalue weighted by molar-refractivity contribution is -0.0322. The van der Waals surface area contributed by atoms with Crippen LogP contribution in [0.4, 0.5) is 13.2 Å². The van der Waals surface area contributed by atoms with Gasteiger partial charge in [0.05, 0.1) is 12.0 Å². The highest BCUT2D eigenvalue weighted by molar-refractivity contribution is 8.05. The summed E-state index contributed by atoms with van der Waals surface area (Å²) >= 11 is -0.359. The highest BCUT2D eigenvalue weighted by Crippen LogP contribution is 2.47. The normalized spacial score (nSPS) is 14.2. The van der Waals surface area contributed by atoms with Crippen molar-refractivity contribution >= 4 is 23.1 Å². The zero-order chi connectivity index (χ0) is 16.6. The van der Waals surface area contributed by atoms with Crippen LogP contribution in [0.25, 0.3) is 5.57 Å². The molecule has 2 nitrogen and oxygen atoms in total. The van der Waals surface area contributed by atoms with Crippen molar-refractivity contribution in [2.24, 2.45) is 0 Å². The third-order valence-corrected chi connectivity index (χ3v) is 4.30. The molecule has 2 aromatic carbocycles. The minimum Gasteiger partial charge on any atom is -0.497 e.